The third-order valence-electron chi connectivity index (χ3n) is 6.65. The Morgan fingerprint density at radius 2 is 1.51 bits per heavy atom. The van der Waals surface area contributed by atoms with Crippen LogP contribution in [0.2, 0.25) is 0 Å². The highest BCUT2D eigenvalue weighted by Gasteiger charge is 2.39. The molecule has 2 aliphatic heterocycles. The highest BCUT2D eigenvalue weighted by atomic mass is 32.2. The average molecular weight is 529 g/mol. The predicted octanol–water partition coefficient (Wildman–Crippen LogP) is 7.14. The van der Waals surface area contributed by atoms with Crippen LogP contribution in [0.5, 0.6) is 0 Å². The predicted molar refractivity (Wildman–Crippen MR) is 159 cm³/mol. The second-order valence-electron chi connectivity index (χ2n) is 8.83. The third kappa shape index (κ3) is 5.29. The molecule has 0 aliphatic carbocycles. The number of para-hydroxylation sites is 1. The van der Waals surface area contributed by atoms with Gasteiger partial charge in [-0.15, -0.1) is 0 Å². The van der Waals surface area contributed by atoms with Crippen molar-refractivity contribution in [2.24, 2.45) is 4.99 Å². The van der Waals surface area contributed by atoms with Gasteiger partial charge >= 0.3 is 0 Å². The van der Waals surface area contributed by atoms with Gasteiger partial charge in [0.25, 0.3) is 5.91 Å². The number of carbonyl (C=O) groups is 1. The molecule has 7 heteroatoms. The molecule has 37 heavy (non-hydrogen) atoms. The van der Waals surface area contributed by atoms with E-state index in [1.165, 1.54) is 33.6 Å². The summed E-state index contributed by atoms with van der Waals surface area (Å²) in [6, 6.07) is 27.0. The van der Waals surface area contributed by atoms with Gasteiger partial charge in [-0.2, -0.15) is 0 Å². The van der Waals surface area contributed by atoms with Gasteiger partial charge in [-0.1, -0.05) is 54.2 Å². The van der Waals surface area contributed by atoms with Crippen molar-refractivity contribution in [3.8, 4) is 0 Å². The molecule has 0 saturated carbocycles. The molecule has 0 unspecified atom stereocenters. The van der Waals surface area contributed by atoms with Crippen molar-refractivity contribution in [2.75, 3.05) is 36.0 Å². The van der Waals surface area contributed by atoms with E-state index in [0.717, 1.165) is 46.8 Å². The molecule has 190 valence electrons. The van der Waals surface area contributed by atoms with E-state index in [1.807, 2.05) is 35.2 Å². The summed E-state index contributed by atoms with van der Waals surface area (Å²) < 4.78 is 0. The van der Waals surface area contributed by atoms with Gasteiger partial charge in [0, 0.05) is 36.8 Å². The molecule has 0 radical (unpaired) electrons. The molecule has 5 nitrogen and oxygen atoms in total. The SMILES string of the molecule is CCN(CC)c1ccc(N=C2SC(=C3Sc4ccccc4N3CC)C(=O)N2CCc2ccccc2)cc1. The molecule has 0 N–H and O–H groups in total. The Labute approximate surface area is 228 Å². The molecule has 0 spiro atoms. The first-order valence-corrected chi connectivity index (χ1v) is 14.5. The smallest absolute Gasteiger partial charge is 0.269 e. The minimum atomic E-state index is 0.0354. The van der Waals surface area contributed by atoms with Crippen molar-refractivity contribution in [1.82, 2.24) is 4.90 Å². The number of amidine groups is 1. The maximum absolute atomic E-state index is 13.9. The van der Waals surface area contributed by atoms with E-state index in [2.05, 4.69) is 79.1 Å². The maximum Gasteiger partial charge on any atom is 0.269 e. The number of aliphatic imine (C=N–C) groups is 1. The minimum Gasteiger partial charge on any atom is -0.372 e. The lowest BCUT2D eigenvalue weighted by Crippen LogP contribution is -2.32. The van der Waals surface area contributed by atoms with Crippen molar-refractivity contribution < 1.29 is 4.79 Å². The van der Waals surface area contributed by atoms with E-state index in [4.69, 9.17) is 4.99 Å². The number of hydrogen-bond donors (Lipinski definition) is 0. The second-order valence-corrected chi connectivity index (χ2v) is 10.8. The van der Waals surface area contributed by atoms with Crippen LogP contribution in [0.3, 0.4) is 0 Å². The van der Waals surface area contributed by atoms with Gasteiger partial charge in [0.05, 0.1) is 11.4 Å². The van der Waals surface area contributed by atoms with Crippen molar-refractivity contribution in [3.05, 3.63) is 94.4 Å². The summed E-state index contributed by atoms with van der Waals surface area (Å²) in [4.78, 5) is 27.2. The van der Waals surface area contributed by atoms with Crippen LogP contribution in [-0.4, -0.2) is 42.2 Å². The minimum absolute atomic E-state index is 0.0354. The number of amides is 1. The van der Waals surface area contributed by atoms with Crippen LogP contribution in [0.15, 0.2) is 98.7 Å². The van der Waals surface area contributed by atoms with E-state index in [9.17, 15) is 4.79 Å². The number of fused-ring (bicyclic) bond motifs is 1. The Kier molecular flexibility index (Phi) is 7.91. The van der Waals surface area contributed by atoms with Crippen molar-refractivity contribution in [1.29, 1.82) is 0 Å². The first-order valence-electron chi connectivity index (χ1n) is 12.9. The average Bonchev–Trinajstić information content (AvgIpc) is 3.46. The van der Waals surface area contributed by atoms with Crippen molar-refractivity contribution in [3.63, 3.8) is 0 Å². The molecule has 1 fully saturated rings. The number of benzene rings is 3. The summed E-state index contributed by atoms with van der Waals surface area (Å²) >= 11 is 3.18. The van der Waals surface area contributed by atoms with Gasteiger partial charge in [0.15, 0.2) is 5.17 Å². The van der Waals surface area contributed by atoms with Crippen molar-refractivity contribution >= 4 is 51.7 Å². The number of anilines is 2. The molecule has 0 atom stereocenters. The first kappa shape index (κ1) is 25.5. The summed E-state index contributed by atoms with van der Waals surface area (Å²) in [5.74, 6) is 0.0354. The van der Waals surface area contributed by atoms with E-state index < -0.39 is 0 Å². The standard InChI is InChI=1S/C30H32N4OS2/c1-4-32(5-2)24-18-16-23(17-19-24)31-30-34(21-20-22-12-8-7-9-13-22)28(35)27(37-30)29-33(6-3)25-14-10-11-15-26(25)36-29/h7-19H,4-6,20-21H2,1-3H3. The highest BCUT2D eigenvalue weighted by molar-refractivity contribution is 8.19. The maximum atomic E-state index is 13.9. The van der Waals surface area contributed by atoms with Crippen LogP contribution in [0.4, 0.5) is 17.1 Å². The van der Waals surface area contributed by atoms with Crippen LogP contribution in [0.25, 0.3) is 0 Å². The second kappa shape index (κ2) is 11.5. The lowest BCUT2D eigenvalue weighted by atomic mass is 10.1. The molecular formula is C30H32N4OS2. The first-order chi connectivity index (χ1) is 18.1. The summed E-state index contributed by atoms with van der Waals surface area (Å²) in [5.41, 5.74) is 4.42. The summed E-state index contributed by atoms with van der Waals surface area (Å²) in [6.45, 7) is 9.79. The molecule has 5 rings (SSSR count). The van der Waals surface area contributed by atoms with Gasteiger partial charge < -0.3 is 9.80 Å². The van der Waals surface area contributed by atoms with E-state index in [-0.39, 0.29) is 5.91 Å². The fourth-order valence-electron chi connectivity index (χ4n) is 4.66. The Morgan fingerprint density at radius 3 is 2.22 bits per heavy atom. The lowest BCUT2D eigenvalue weighted by Gasteiger charge is -2.21. The lowest BCUT2D eigenvalue weighted by molar-refractivity contribution is -0.122. The normalized spacial score (nSPS) is 18.1. The topological polar surface area (TPSA) is 39.1 Å². The number of rotatable bonds is 8. The molecule has 0 bridgehead atoms. The van der Waals surface area contributed by atoms with Gasteiger partial charge in [0.1, 0.15) is 9.93 Å². The molecule has 3 aromatic carbocycles. The fraction of sp³-hybridized carbons (Fsp3) is 0.267. The zero-order valence-corrected chi connectivity index (χ0v) is 23.2. The zero-order valence-electron chi connectivity index (χ0n) is 21.6. The monoisotopic (exact) mass is 528 g/mol. The Morgan fingerprint density at radius 1 is 0.811 bits per heavy atom. The van der Waals surface area contributed by atoms with E-state index >= 15 is 0 Å². The van der Waals surface area contributed by atoms with Crippen LogP contribution >= 0.6 is 23.5 Å². The number of nitrogens with zero attached hydrogens (tertiary/aromatic N) is 4. The molecule has 2 heterocycles. The van der Waals surface area contributed by atoms with Gasteiger partial charge in [-0.25, -0.2) is 4.99 Å². The highest BCUT2D eigenvalue weighted by Crippen LogP contribution is 2.50. The van der Waals surface area contributed by atoms with Crippen LogP contribution < -0.4 is 9.80 Å². The molecule has 1 saturated heterocycles. The molecule has 2 aliphatic rings. The number of thioether (sulfide) groups is 2. The number of hydrogen-bond acceptors (Lipinski definition) is 6. The van der Waals surface area contributed by atoms with Gasteiger partial charge in [-0.05, 0) is 80.9 Å². The zero-order chi connectivity index (χ0) is 25.8. The Hall–Kier alpha value is -3.16. The third-order valence-corrected chi connectivity index (χ3v) is 9.03. The summed E-state index contributed by atoms with van der Waals surface area (Å²) in [5, 5.41) is 1.75. The molecule has 3 aromatic rings. The number of carbonyl (C=O) groups excluding carboxylic acids is 1. The Balaban J connectivity index is 1.48. The Bertz CT molecular complexity index is 1320. The van der Waals surface area contributed by atoms with Crippen LogP contribution in [0, 0.1) is 0 Å². The fourth-order valence-corrected chi connectivity index (χ4v) is 7.07. The van der Waals surface area contributed by atoms with Crippen LogP contribution in [-0.2, 0) is 11.2 Å². The van der Waals surface area contributed by atoms with E-state index in [0.29, 0.717) is 6.54 Å². The van der Waals surface area contributed by atoms with Gasteiger partial charge in [-0.3, -0.25) is 9.69 Å². The summed E-state index contributed by atoms with van der Waals surface area (Å²) in [6.07, 6.45) is 0.778. The van der Waals surface area contributed by atoms with Crippen LogP contribution in [0.1, 0.15) is 26.3 Å². The summed E-state index contributed by atoms with van der Waals surface area (Å²) in [7, 11) is 0. The largest absolute Gasteiger partial charge is 0.372 e. The molecule has 1 amide bonds. The molecular weight excluding hydrogens is 496 g/mol. The van der Waals surface area contributed by atoms with Crippen molar-refractivity contribution in [2.45, 2.75) is 32.1 Å². The van der Waals surface area contributed by atoms with Gasteiger partial charge in [0.2, 0.25) is 0 Å². The quantitative estimate of drug-likeness (QED) is 0.291. The van der Waals surface area contributed by atoms with E-state index in [1.54, 1.807) is 11.8 Å². The molecule has 0 aromatic heterocycles.